The Morgan fingerprint density at radius 1 is 1.00 bits per heavy atom. The summed E-state index contributed by atoms with van der Waals surface area (Å²) in [6.07, 6.45) is 8.95. The number of nitrogens with zero attached hydrogens (tertiary/aromatic N) is 5. The number of carboxylic acids is 1. The lowest BCUT2D eigenvalue weighted by Crippen LogP contribution is -2.85. The second kappa shape index (κ2) is 16.3. The van der Waals surface area contributed by atoms with E-state index >= 15 is 0 Å². The van der Waals surface area contributed by atoms with Gasteiger partial charge in [-0.2, -0.15) is 5.01 Å². The number of urea groups is 1. The van der Waals surface area contributed by atoms with Gasteiger partial charge in [-0.3, -0.25) is 33.8 Å². The van der Waals surface area contributed by atoms with Gasteiger partial charge in [0.15, 0.2) is 0 Å². The lowest BCUT2D eigenvalue weighted by molar-refractivity contribution is -0.693. The zero-order valence-corrected chi connectivity index (χ0v) is 30.7. The summed E-state index contributed by atoms with van der Waals surface area (Å²) in [5.41, 5.74) is -1.47. The maximum absolute atomic E-state index is 14.0. The highest BCUT2D eigenvalue weighted by Gasteiger charge is 2.66. The van der Waals surface area contributed by atoms with Crippen molar-refractivity contribution >= 4 is 65.6 Å². The summed E-state index contributed by atoms with van der Waals surface area (Å²) < 4.78 is 2.08. The van der Waals surface area contributed by atoms with E-state index in [0.29, 0.717) is 5.57 Å². The van der Waals surface area contributed by atoms with Crippen molar-refractivity contribution < 1.29 is 43.3 Å². The molecular formula is C35H41N8O8S2+. The molecule has 3 atom stereocenters. The number of carbonyl (C=O) groups excluding carboxylic acids is 6. The minimum absolute atomic E-state index is 0.0933. The maximum Gasteiger partial charge on any atom is 0.352 e. The predicted octanol–water partition coefficient (Wildman–Crippen LogP) is 0.532. The third kappa shape index (κ3) is 7.55. The highest BCUT2D eigenvalue weighted by atomic mass is 32.2. The molecule has 5 heterocycles. The molecule has 280 valence electrons. The van der Waals surface area contributed by atoms with E-state index in [-0.39, 0.29) is 48.8 Å². The zero-order valence-electron chi connectivity index (χ0n) is 29.1. The number of aliphatic carboxylic acids is 1. The molecule has 0 radical (unpaired) electrons. The van der Waals surface area contributed by atoms with Crippen molar-refractivity contribution in [1.29, 1.82) is 0 Å². The largest absolute Gasteiger partial charge is 0.477 e. The number of carboxylic acid groups (broad SMARTS) is 1. The van der Waals surface area contributed by atoms with Crippen molar-refractivity contribution in [1.82, 2.24) is 30.7 Å². The molecule has 0 unspecified atom stereocenters. The van der Waals surface area contributed by atoms with E-state index in [1.54, 1.807) is 37.3 Å². The van der Waals surface area contributed by atoms with E-state index in [1.165, 1.54) is 41.3 Å². The van der Waals surface area contributed by atoms with Gasteiger partial charge in [-0.05, 0) is 30.9 Å². The first-order valence-corrected chi connectivity index (χ1v) is 19.4. The van der Waals surface area contributed by atoms with Gasteiger partial charge in [-0.15, -0.1) is 23.5 Å². The van der Waals surface area contributed by atoms with Crippen LogP contribution in [-0.4, -0.2) is 117 Å². The minimum Gasteiger partial charge on any atom is -0.477 e. The number of pyridine rings is 1. The van der Waals surface area contributed by atoms with Gasteiger partial charge < -0.3 is 26.0 Å². The molecule has 16 nitrogen and oxygen atoms in total. The summed E-state index contributed by atoms with van der Waals surface area (Å²) in [7, 11) is 0. The van der Waals surface area contributed by atoms with Crippen molar-refractivity contribution in [3.8, 4) is 0 Å². The molecule has 3 fully saturated rings. The molecule has 4 N–H and O–H groups in total. The second-order valence-electron chi connectivity index (χ2n) is 12.9. The van der Waals surface area contributed by atoms with Crippen LogP contribution in [0.5, 0.6) is 0 Å². The van der Waals surface area contributed by atoms with Crippen LogP contribution in [0, 0.1) is 0 Å². The summed E-state index contributed by atoms with van der Waals surface area (Å²) in [4.78, 5) is 95.0. The van der Waals surface area contributed by atoms with Gasteiger partial charge in [0.05, 0.1) is 13.1 Å². The van der Waals surface area contributed by atoms with E-state index in [4.69, 9.17) is 0 Å². The van der Waals surface area contributed by atoms with Crippen LogP contribution in [0.3, 0.4) is 0 Å². The number of rotatable bonds is 12. The molecule has 6 rings (SSSR count). The number of benzene rings is 1. The van der Waals surface area contributed by atoms with Gasteiger partial charge in [0, 0.05) is 48.2 Å². The summed E-state index contributed by atoms with van der Waals surface area (Å²) in [5, 5.41) is 19.1. The fourth-order valence-corrected chi connectivity index (χ4v) is 9.29. The second-order valence-corrected chi connectivity index (χ2v) is 15.0. The maximum atomic E-state index is 14.0. The van der Waals surface area contributed by atoms with Gasteiger partial charge in [-0.25, -0.2) is 9.59 Å². The number of carbonyl (C=O) groups is 7. The third-order valence-corrected chi connectivity index (χ3v) is 12.2. The van der Waals surface area contributed by atoms with Crippen LogP contribution in [0.2, 0.25) is 0 Å². The molecule has 3 saturated heterocycles. The van der Waals surface area contributed by atoms with E-state index in [0.717, 1.165) is 40.6 Å². The summed E-state index contributed by atoms with van der Waals surface area (Å²) in [5.74, 6) is -4.52. The Morgan fingerprint density at radius 3 is 2.34 bits per heavy atom. The monoisotopic (exact) mass is 765 g/mol. The summed E-state index contributed by atoms with van der Waals surface area (Å²) in [6.45, 7) is 3.99. The predicted molar refractivity (Wildman–Crippen MR) is 193 cm³/mol. The van der Waals surface area contributed by atoms with Crippen molar-refractivity contribution in [2.24, 2.45) is 0 Å². The molecule has 4 aliphatic heterocycles. The van der Waals surface area contributed by atoms with Crippen LogP contribution < -0.4 is 25.6 Å². The first kappa shape index (κ1) is 37.7. The molecule has 0 bridgehead atoms. The average Bonchev–Trinajstić information content (AvgIpc) is 3.46. The molecule has 4 aliphatic rings. The number of aromatic nitrogens is 1. The van der Waals surface area contributed by atoms with Crippen LogP contribution in [0.4, 0.5) is 4.79 Å². The van der Waals surface area contributed by atoms with Crippen LogP contribution in [0.1, 0.15) is 44.2 Å². The highest BCUT2D eigenvalue weighted by Crippen LogP contribution is 2.46. The third-order valence-electron chi connectivity index (χ3n) is 9.67. The zero-order chi connectivity index (χ0) is 37.7. The molecule has 2 aromatic rings. The highest BCUT2D eigenvalue weighted by molar-refractivity contribution is 8.01. The van der Waals surface area contributed by atoms with Gasteiger partial charge in [0.25, 0.3) is 5.91 Å². The molecule has 1 aromatic heterocycles. The smallest absolute Gasteiger partial charge is 0.352 e. The first-order valence-electron chi connectivity index (χ1n) is 17.4. The number of piperazine rings is 1. The number of thioether (sulfide) groups is 2. The van der Waals surface area contributed by atoms with Crippen molar-refractivity contribution in [2.75, 3.05) is 49.2 Å². The van der Waals surface area contributed by atoms with Gasteiger partial charge in [-0.1, -0.05) is 47.8 Å². The minimum atomic E-state index is -2.04. The number of likely N-dealkylation sites (N-methyl/N-ethyl adjacent to an activating group) is 1. The summed E-state index contributed by atoms with van der Waals surface area (Å²) in [6, 6.07) is 9.50. The standard InChI is InChI=1S/C35H40N8O8S2/c1-2-39-18-19-42(30(47)29(39)46)34(51)37-26(23-10-6-5-7-11-23)28(45)38-35(36-22-44)32(50)43-27(31(48)49)24(21-53-33(35)43)20-52-25-12-16-41(17-13-25)40-14-8-3-4-9-15-40/h5-7,10-13,16-17,22,26,33H,2-4,8-9,14-15,18-21H2,1H3,(H3-,36,37,38,44,45,48,49,51)/p+1/t26-,33-,35-/m1/s1. The Labute approximate surface area is 314 Å². The quantitative estimate of drug-likeness (QED) is 0.0589. The number of fused-ring (bicyclic) bond motifs is 1. The molecule has 7 amide bonds. The lowest BCUT2D eigenvalue weighted by Gasteiger charge is -2.56. The van der Waals surface area contributed by atoms with Crippen molar-refractivity contribution in [2.45, 2.75) is 54.6 Å². The van der Waals surface area contributed by atoms with Crippen LogP contribution in [0.15, 0.2) is 71.0 Å². The van der Waals surface area contributed by atoms with Gasteiger partial charge in [0.2, 0.25) is 30.4 Å². The Balaban J connectivity index is 1.18. The molecule has 1 aromatic carbocycles. The van der Waals surface area contributed by atoms with Crippen LogP contribution in [0.25, 0.3) is 0 Å². The van der Waals surface area contributed by atoms with Crippen LogP contribution in [-0.2, 0) is 28.8 Å². The Kier molecular flexibility index (Phi) is 11.6. The Bertz CT molecular complexity index is 1800. The molecule has 53 heavy (non-hydrogen) atoms. The first-order chi connectivity index (χ1) is 25.6. The molecular weight excluding hydrogens is 725 g/mol. The molecule has 0 aliphatic carbocycles. The molecule has 0 saturated carbocycles. The number of imide groups is 1. The SMILES string of the molecule is CCN1CCN(C(=O)N[C@@H](C(=O)N[C@]2(NC=O)C(=O)N3C(C(=O)O)=C(CSc4cc[n+](N5CCCCCC5)cc4)CS[C@@H]32)c2ccccc2)C(=O)C1=O. The van der Waals surface area contributed by atoms with E-state index in [9.17, 15) is 38.7 Å². The topological polar surface area (TPSA) is 193 Å². The Morgan fingerprint density at radius 2 is 1.70 bits per heavy atom. The van der Waals surface area contributed by atoms with Crippen LogP contribution >= 0.6 is 23.5 Å². The molecule has 18 heteroatoms. The van der Waals surface area contributed by atoms with E-state index in [2.05, 4.69) is 25.6 Å². The number of amides is 7. The van der Waals surface area contributed by atoms with E-state index in [1.807, 2.05) is 24.5 Å². The lowest BCUT2D eigenvalue weighted by atomic mass is 9.94. The number of nitrogens with one attached hydrogen (secondary N) is 3. The fraction of sp³-hybridized carbons (Fsp3) is 0.429. The van der Waals surface area contributed by atoms with E-state index < -0.39 is 52.7 Å². The van der Waals surface area contributed by atoms with Crippen molar-refractivity contribution in [3.63, 3.8) is 0 Å². The molecule has 0 spiro atoms. The normalized spacial score (nSPS) is 22.4. The number of hydrogen-bond acceptors (Lipinski definition) is 10. The number of β-lactam (4-membered cyclic amide) rings is 1. The average molecular weight is 766 g/mol. The van der Waals surface area contributed by atoms with Gasteiger partial charge >= 0.3 is 23.8 Å². The fourth-order valence-electron chi connectivity index (χ4n) is 6.84. The summed E-state index contributed by atoms with van der Waals surface area (Å²) >= 11 is 2.62. The van der Waals surface area contributed by atoms with Crippen molar-refractivity contribution in [3.05, 3.63) is 71.7 Å². The Hall–Kier alpha value is -5.10. The number of hydrogen-bond donors (Lipinski definition) is 4. The van der Waals surface area contributed by atoms with Gasteiger partial charge in [0.1, 0.15) is 17.1 Å².